The minimum Gasteiger partial charge on any atom is -0.328 e. The van der Waals surface area contributed by atoms with Crippen molar-refractivity contribution >= 4 is 28.8 Å². The Balaban J connectivity index is 0. The van der Waals surface area contributed by atoms with Gasteiger partial charge in [-0.05, 0) is 5.75 Å². The van der Waals surface area contributed by atoms with Gasteiger partial charge in [0, 0.05) is 0 Å². The molecule has 1 saturated carbocycles. The Labute approximate surface area is 134 Å². The third kappa shape index (κ3) is 16.7. The number of thioether (sulfide) groups is 1. The number of hydrogen-bond donors (Lipinski definition) is 1. The van der Waals surface area contributed by atoms with Gasteiger partial charge < -0.3 is 6.42 Å². The van der Waals surface area contributed by atoms with Crippen molar-refractivity contribution in [2.75, 3.05) is 5.75 Å². The van der Waals surface area contributed by atoms with Crippen molar-refractivity contribution in [2.24, 2.45) is 0 Å². The van der Waals surface area contributed by atoms with Gasteiger partial charge in [0.2, 0.25) is 4.45 Å². The van der Waals surface area contributed by atoms with Crippen molar-refractivity contribution in [3.63, 3.8) is 0 Å². The van der Waals surface area contributed by atoms with Crippen molar-refractivity contribution in [1.29, 1.82) is 0 Å². The van der Waals surface area contributed by atoms with Crippen LogP contribution in [-0.4, -0.2) is 10.2 Å². The van der Waals surface area contributed by atoms with Crippen LogP contribution >= 0.6 is 24.4 Å². The predicted octanol–water partition coefficient (Wildman–Crippen LogP) is 0.948. The molecule has 0 aliphatic heterocycles. The first kappa shape index (κ1) is 17.4. The first-order valence-electron chi connectivity index (χ1n) is 4.44. The molecule has 0 saturated heterocycles. The van der Waals surface area contributed by atoms with E-state index in [0.29, 0.717) is 0 Å². The normalized spacial score (nSPS) is 14.9. The first-order valence-corrected chi connectivity index (χ1v) is 5.88. The van der Waals surface area contributed by atoms with Crippen LogP contribution in [0.3, 0.4) is 0 Å². The molecule has 0 N–H and O–H groups in total. The number of thiol groups is 1. The zero-order chi connectivity index (χ0) is 9.23. The molecule has 4 heteroatoms. The van der Waals surface area contributed by atoms with Gasteiger partial charge in [-0.2, -0.15) is 12.8 Å². The maximum Gasteiger partial charge on any atom is 1.00 e. The van der Waals surface area contributed by atoms with E-state index in [-0.39, 0.29) is 55.8 Å². The zero-order valence-electron chi connectivity index (χ0n) is 8.58. The third-order valence-electron chi connectivity index (χ3n) is 1.58. The van der Waals surface area contributed by atoms with Crippen LogP contribution in [0.4, 0.5) is 4.79 Å². The summed E-state index contributed by atoms with van der Waals surface area (Å²) < 4.78 is -0.0995. The average molecular weight is 244 g/mol. The predicted molar refractivity (Wildman–Crippen MR) is 59.9 cm³/mol. The SMILES string of the molecule is CCSC(=O)S.[CH-]1CCCCC1.[K+]. The number of hydrogen-bond acceptors (Lipinski definition) is 2. The molecular weight excluding hydrogens is 227 g/mol. The Hall–Kier alpha value is 2.01. The molecule has 0 bridgehead atoms. The van der Waals surface area contributed by atoms with Gasteiger partial charge in [0.05, 0.1) is 0 Å². The van der Waals surface area contributed by atoms with Crippen LogP contribution in [0, 0.1) is 6.42 Å². The van der Waals surface area contributed by atoms with Gasteiger partial charge in [0.15, 0.2) is 0 Å². The molecule has 0 aromatic carbocycles. The molecule has 1 aliphatic rings. The van der Waals surface area contributed by atoms with Gasteiger partial charge in [-0.15, -0.1) is 0 Å². The minimum atomic E-state index is -0.0995. The second-order valence-corrected chi connectivity index (χ2v) is 4.57. The molecule has 0 aromatic heterocycles. The fourth-order valence-electron chi connectivity index (χ4n) is 1.02. The van der Waals surface area contributed by atoms with Crippen LogP contribution in [0.1, 0.15) is 39.0 Å². The van der Waals surface area contributed by atoms with E-state index < -0.39 is 0 Å². The number of carbonyl (C=O) groups excluding carboxylic acids is 1. The van der Waals surface area contributed by atoms with Crippen LogP contribution < -0.4 is 51.4 Å². The van der Waals surface area contributed by atoms with Crippen molar-refractivity contribution in [2.45, 2.75) is 39.0 Å². The maximum atomic E-state index is 9.87. The van der Waals surface area contributed by atoms with Gasteiger partial charge in [0.1, 0.15) is 0 Å². The summed E-state index contributed by atoms with van der Waals surface area (Å²) in [5.74, 6) is 0.822. The van der Waals surface area contributed by atoms with E-state index in [9.17, 15) is 4.79 Å². The van der Waals surface area contributed by atoms with Crippen LogP contribution in [0.25, 0.3) is 0 Å². The molecule has 0 amide bonds. The first-order chi connectivity index (χ1) is 5.77. The molecule has 1 rings (SSSR count). The Morgan fingerprint density at radius 2 is 1.92 bits per heavy atom. The van der Waals surface area contributed by atoms with E-state index in [1.165, 1.54) is 43.9 Å². The fraction of sp³-hybridized carbons (Fsp3) is 0.778. The van der Waals surface area contributed by atoms with Crippen LogP contribution in [-0.2, 0) is 0 Å². The second-order valence-electron chi connectivity index (χ2n) is 2.63. The number of rotatable bonds is 1. The molecule has 1 aliphatic carbocycles. The van der Waals surface area contributed by atoms with E-state index in [1.807, 2.05) is 6.92 Å². The topological polar surface area (TPSA) is 17.1 Å². The Kier molecular flexibility index (Phi) is 18.7. The molecule has 1 fully saturated rings. The Morgan fingerprint density at radius 1 is 1.38 bits per heavy atom. The largest absolute Gasteiger partial charge is 1.00 e. The van der Waals surface area contributed by atoms with Crippen molar-refractivity contribution in [3.05, 3.63) is 6.42 Å². The van der Waals surface area contributed by atoms with Crippen molar-refractivity contribution in [1.82, 2.24) is 0 Å². The zero-order valence-corrected chi connectivity index (χ0v) is 13.4. The third-order valence-corrected chi connectivity index (χ3v) is 2.51. The molecule has 13 heavy (non-hydrogen) atoms. The quantitative estimate of drug-likeness (QED) is 0.420. The molecule has 0 atom stereocenters. The summed E-state index contributed by atoms with van der Waals surface area (Å²) in [5.41, 5.74) is 0. The molecule has 0 heterocycles. The van der Waals surface area contributed by atoms with Gasteiger partial charge in [0.25, 0.3) is 0 Å². The summed E-state index contributed by atoms with van der Waals surface area (Å²) in [6.45, 7) is 1.92. The van der Waals surface area contributed by atoms with Gasteiger partial charge in [-0.1, -0.05) is 50.6 Å². The molecule has 0 spiro atoms. The summed E-state index contributed by atoms with van der Waals surface area (Å²) in [7, 11) is 0. The van der Waals surface area contributed by atoms with Gasteiger partial charge >= 0.3 is 51.4 Å². The second kappa shape index (κ2) is 14.0. The molecule has 0 aromatic rings. The molecular formula is C9H17KOS2. The van der Waals surface area contributed by atoms with E-state index in [2.05, 4.69) is 19.0 Å². The summed E-state index contributed by atoms with van der Waals surface area (Å²) >= 11 is 4.71. The Bertz CT molecular complexity index is 105. The maximum absolute atomic E-state index is 9.87. The molecule has 1 nitrogen and oxygen atoms in total. The summed E-state index contributed by atoms with van der Waals surface area (Å²) in [6.07, 6.45) is 9.50. The standard InChI is InChI=1S/C6H11.C3H6OS2.K/c1-2-4-6-5-3-1;1-2-6-3(4)5;/h1H,2-6H2;2H2,1H3,(H,4,5);/q-1;;+1. The van der Waals surface area contributed by atoms with Crippen molar-refractivity contribution < 1.29 is 56.2 Å². The van der Waals surface area contributed by atoms with Crippen LogP contribution in [0.15, 0.2) is 0 Å². The average Bonchev–Trinajstić information content (AvgIpc) is 2.08. The van der Waals surface area contributed by atoms with E-state index >= 15 is 0 Å². The smallest absolute Gasteiger partial charge is 0.328 e. The fourth-order valence-corrected chi connectivity index (χ4v) is 1.66. The number of carbonyl (C=O) groups is 1. The van der Waals surface area contributed by atoms with E-state index in [4.69, 9.17) is 0 Å². The summed E-state index contributed by atoms with van der Waals surface area (Å²) in [6, 6.07) is 0. The monoisotopic (exact) mass is 244 g/mol. The Morgan fingerprint density at radius 3 is 2.00 bits per heavy atom. The van der Waals surface area contributed by atoms with E-state index in [0.717, 1.165) is 5.75 Å². The van der Waals surface area contributed by atoms with E-state index in [1.54, 1.807) is 0 Å². The van der Waals surface area contributed by atoms with Crippen molar-refractivity contribution in [3.8, 4) is 0 Å². The molecule has 0 unspecified atom stereocenters. The van der Waals surface area contributed by atoms with Crippen LogP contribution in [0.2, 0.25) is 0 Å². The van der Waals surface area contributed by atoms with Crippen LogP contribution in [0.5, 0.6) is 0 Å². The summed E-state index contributed by atoms with van der Waals surface area (Å²) in [4.78, 5) is 9.87. The summed E-state index contributed by atoms with van der Waals surface area (Å²) in [5, 5.41) is 0. The molecule has 72 valence electrons. The van der Waals surface area contributed by atoms with Gasteiger partial charge in [-0.3, -0.25) is 4.79 Å². The van der Waals surface area contributed by atoms with Gasteiger partial charge in [-0.25, -0.2) is 0 Å². The molecule has 0 radical (unpaired) electrons. The minimum absolute atomic E-state index is 0.